The van der Waals surface area contributed by atoms with Crippen molar-refractivity contribution in [1.29, 1.82) is 0 Å². The Bertz CT molecular complexity index is 1110. The number of hydrogen-bond donors (Lipinski definition) is 1. The van der Waals surface area contributed by atoms with Crippen LogP contribution in [0.25, 0.3) is 0 Å². The minimum Gasteiger partial charge on any atom is -0.322 e. The van der Waals surface area contributed by atoms with Crippen LogP contribution < -0.4 is 10.2 Å². The highest BCUT2D eigenvalue weighted by molar-refractivity contribution is 6.04. The van der Waals surface area contributed by atoms with Gasteiger partial charge in [0.2, 0.25) is 5.91 Å². The summed E-state index contributed by atoms with van der Waals surface area (Å²) >= 11 is 0. The van der Waals surface area contributed by atoms with Crippen LogP contribution in [-0.4, -0.2) is 23.3 Å². The Balaban J connectivity index is 1.44. The average molecular weight is 395 g/mol. The molecule has 3 aromatic rings. The number of anilines is 2. The minimum atomic E-state index is -0.207. The lowest BCUT2D eigenvalue weighted by Gasteiger charge is -2.26. The smallest absolute Gasteiger partial charge is 0.255 e. The number of rotatable bonds is 3. The molecule has 30 heavy (non-hydrogen) atoms. The van der Waals surface area contributed by atoms with Crippen molar-refractivity contribution in [3.63, 3.8) is 0 Å². The lowest BCUT2D eigenvalue weighted by molar-refractivity contribution is -0.119. The van der Waals surface area contributed by atoms with Crippen LogP contribution in [-0.2, 0) is 4.79 Å². The van der Waals surface area contributed by atoms with Crippen LogP contribution >= 0.6 is 0 Å². The number of hydrogen-bond acceptors (Lipinski definition) is 3. The predicted octanol–water partition coefficient (Wildman–Crippen LogP) is 4.25. The van der Waals surface area contributed by atoms with Gasteiger partial charge in [-0.1, -0.05) is 18.1 Å². The summed E-state index contributed by atoms with van der Waals surface area (Å²) in [4.78, 5) is 30.6. The summed E-state index contributed by atoms with van der Waals surface area (Å²) in [5, 5.41) is 2.90. The second-order valence-corrected chi connectivity index (χ2v) is 7.05. The van der Waals surface area contributed by atoms with Crippen LogP contribution in [0.3, 0.4) is 0 Å². The van der Waals surface area contributed by atoms with Crippen molar-refractivity contribution < 1.29 is 9.59 Å². The Morgan fingerprint density at radius 1 is 0.967 bits per heavy atom. The van der Waals surface area contributed by atoms with Gasteiger partial charge in [-0.2, -0.15) is 0 Å². The van der Waals surface area contributed by atoms with Crippen molar-refractivity contribution in [2.45, 2.75) is 19.3 Å². The van der Waals surface area contributed by atoms with Crippen LogP contribution in [0.1, 0.15) is 40.9 Å². The van der Waals surface area contributed by atoms with E-state index in [1.54, 1.807) is 23.2 Å². The van der Waals surface area contributed by atoms with E-state index >= 15 is 0 Å². The maximum atomic E-state index is 12.6. The van der Waals surface area contributed by atoms with Crippen LogP contribution in [0.5, 0.6) is 0 Å². The molecular weight excluding hydrogens is 374 g/mol. The summed E-state index contributed by atoms with van der Waals surface area (Å²) in [6, 6.07) is 20.1. The molecule has 0 saturated carbocycles. The number of pyridine rings is 1. The molecule has 4 rings (SSSR count). The van der Waals surface area contributed by atoms with Crippen LogP contribution in [0, 0.1) is 11.8 Å². The second-order valence-electron chi connectivity index (χ2n) is 7.05. The van der Waals surface area contributed by atoms with Crippen LogP contribution in [0.15, 0.2) is 72.9 Å². The number of benzene rings is 2. The third-order valence-electron chi connectivity index (χ3n) is 4.88. The molecule has 0 radical (unpaired) electrons. The second kappa shape index (κ2) is 9.06. The van der Waals surface area contributed by atoms with Crippen molar-refractivity contribution in [3.8, 4) is 11.8 Å². The molecule has 0 bridgehead atoms. The number of carbonyl (C=O) groups is 2. The van der Waals surface area contributed by atoms with Gasteiger partial charge in [0.25, 0.3) is 5.91 Å². The van der Waals surface area contributed by atoms with Crippen molar-refractivity contribution in [2.24, 2.45) is 0 Å². The normalized spacial score (nSPS) is 13.3. The number of amides is 2. The number of nitrogens with zero attached hydrogens (tertiary/aromatic N) is 2. The highest BCUT2D eigenvalue weighted by Crippen LogP contribution is 2.21. The van der Waals surface area contributed by atoms with Gasteiger partial charge in [-0.15, -0.1) is 0 Å². The van der Waals surface area contributed by atoms with Gasteiger partial charge in [-0.3, -0.25) is 9.59 Å². The highest BCUT2D eigenvalue weighted by atomic mass is 16.2. The molecule has 1 aliphatic heterocycles. The molecule has 0 unspecified atom stereocenters. The Labute approximate surface area is 175 Å². The van der Waals surface area contributed by atoms with E-state index in [-0.39, 0.29) is 11.8 Å². The van der Waals surface area contributed by atoms with E-state index in [1.807, 2.05) is 54.6 Å². The third-order valence-corrected chi connectivity index (χ3v) is 4.88. The molecule has 0 spiro atoms. The van der Waals surface area contributed by atoms with Gasteiger partial charge in [-0.25, -0.2) is 4.98 Å². The Kier molecular flexibility index (Phi) is 5.86. The summed E-state index contributed by atoms with van der Waals surface area (Å²) in [7, 11) is 0. The van der Waals surface area contributed by atoms with E-state index in [1.165, 1.54) is 0 Å². The molecule has 1 aliphatic rings. The topological polar surface area (TPSA) is 62.3 Å². The van der Waals surface area contributed by atoms with Crippen molar-refractivity contribution >= 4 is 23.2 Å². The van der Waals surface area contributed by atoms with Gasteiger partial charge in [0, 0.05) is 41.7 Å². The molecule has 0 aliphatic carbocycles. The van der Waals surface area contributed by atoms with E-state index in [9.17, 15) is 9.59 Å². The van der Waals surface area contributed by atoms with Crippen LogP contribution in [0.2, 0.25) is 0 Å². The zero-order valence-electron chi connectivity index (χ0n) is 16.5. The van der Waals surface area contributed by atoms with Crippen molar-refractivity contribution in [1.82, 2.24) is 4.98 Å². The molecular formula is C25H21N3O2. The van der Waals surface area contributed by atoms with Gasteiger partial charge < -0.3 is 10.2 Å². The van der Waals surface area contributed by atoms with E-state index in [2.05, 4.69) is 22.1 Å². The zero-order chi connectivity index (χ0) is 20.8. The van der Waals surface area contributed by atoms with E-state index < -0.39 is 0 Å². The quantitative estimate of drug-likeness (QED) is 0.675. The maximum Gasteiger partial charge on any atom is 0.255 e. The predicted molar refractivity (Wildman–Crippen MR) is 117 cm³/mol. The van der Waals surface area contributed by atoms with E-state index in [0.29, 0.717) is 23.4 Å². The fourth-order valence-corrected chi connectivity index (χ4v) is 3.32. The molecule has 2 amide bonds. The van der Waals surface area contributed by atoms with Gasteiger partial charge in [0.05, 0.1) is 0 Å². The van der Waals surface area contributed by atoms with Gasteiger partial charge in [0.15, 0.2) is 0 Å². The number of piperidine rings is 1. The zero-order valence-corrected chi connectivity index (χ0v) is 16.5. The summed E-state index contributed by atoms with van der Waals surface area (Å²) in [5.74, 6) is 6.00. The Morgan fingerprint density at radius 2 is 1.83 bits per heavy atom. The largest absolute Gasteiger partial charge is 0.322 e. The van der Waals surface area contributed by atoms with E-state index in [0.717, 1.165) is 30.6 Å². The van der Waals surface area contributed by atoms with Crippen LogP contribution in [0.4, 0.5) is 11.4 Å². The average Bonchev–Trinajstić information content (AvgIpc) is 2.79. The fourth-order valence-electron chi connectivity index (χ4n) is 3.32. The number of nitrogens with one attached hydrogen (secondary N) is 1. The molecule has 2 heterocycles. The molecule has 148 valence electrons. The molecule has 1 aromatic heterocycles. The first-order chi connectivity index (χ1) is 14.7. The molecule has 1 N–H and O–H groups in total. The lowest BCUT2D eigenvalue weighted by atomic mass is 10.1. The maximum absolute atomic E-state index is 12.6. The lowest BCUT2D eigenvalue weighted by Crippen LogP contribution is -2.35. The van der Waals surface area contributed by atoms with Gasteiger partial charge in [-0.05, 0) is 73.4 Å². The van der Waals surface area contributed by atoms with Crippen molar-refractivity contribution in [2.75, 3.05) is 16.8 Å². The minimum absolute atomic E-state index is 0.141. The summed E-state index contributed by atoms with van der Waals surface area (Å²) in [6.07, 6.45) is 4.24. The molecule has 1 fully saturated rings. The third kappa shape index (κ3) is 4.73. The first-order valence-electron chi connectivity index (χ1n) is 9.94. The number of carbonyl (C=O) groups excluding carboxylic acids is 2. The molecule has 0 atom stereocenters. The summed E-state index contributed by atoms with van der Waals surface area (Å²) in [6.45, 7) is 0.733. The number of aromatic nitrogens is 1. The Hall–Kier alpha value is -3.91. The SMILES string of the molecule is O=C(Nc1cccc(C#Cc2ccccn2)c1)c1ccc(N2CCCCC2=O)cc1. The standard InChI is InChI=1S/C25H21N3O2/c29-24-9-2-4-17-28(24)23-14-11-20(12-15-23)25(30)27-22-8-5-6-19(18-22)10-13-21-7-1-3-16-26-21/h1,3,5-8,11-12,14-16,18H,2,4,9,17H2,(H,27,30). The monoisotopic (exact) mass is 395 g/mol. The first-order valence-corrected chi connectivity index (χ1v) is 9.94. The fraction of sp³-hybridized carbons (Fsp3) is 0.160. The van der Waals surface area contributed by atoms with Gasteiger partial charge >= 0.3 is 0 Å². The Morgan fingerprint density at radius 3 is 2.60 bits per heavy atom. The molecule has 5 heteroatoms. The molecule has 5 nitrogen and oxygen atoms in total. The molecule has 2 aromatic carbocycles. The van der Waals surface area contributed by atoms with E-state index in [4.69, 9.17) is 0 Å². The highest BCUT2D eigenvalue weighted by Gasteiger charge is 2.19. The summed E-state index contributed by atoms with van der Waals surface area (Å²) in [5.41, 5.74) is 3.52. The molecule has 1 saturated heterocycles. The summed E-state index contributed by atoms with van der Waals surface area (Å²) < 4.78 is 0. The van der Waals surface area contributed by atoms with Crippen molar-refractivity contribution in [3.05, 3.63) is 89.7 Å². The first kappa shape index (κ1) is 19.4. The van der Waals surface area contributed by atoms with Gasteiger partial charge in [0.1, 0.15) is 5.69 Å².